The molecule has 0 aromatic heterocycles. The molecule has 0 saturated carbocycles. The standard InChI is InChI=1S/C9H19.C6H6O3S.Cu/c1-3-5-7-9-8-6-4-2;7-10(8,9)6-4-2-1-3-5-6;/h1,3-9H2,2H3;1-5H,(H,7,8,9);. The van der Waals surface area contributed by atoms with Crippen LogP contribution in [0, 0.1) is 0 Å². The third-order valence-corrected chi connectivity index (χ3v) is 3.95. The van der Waals surface area contributed by atoms with E-state index in [1.54, 1.807) is 18.2 Å². The summed E-state index contributed by atoms with van der Waals surface area (Å²) in [5, 5.41) is 0.931. The second-order valence-corrected chi connectivity index (χ2v) is 6.45. The van der Waals surface area contributed by atoms with Gasteiger partial charge in [-0.15, -0.1) is 0 Å². The summed E-state index contributed by atoms with van der Waals surface area (Å²) in [6, 6.07) is 7.42. The zero-order valence-electron chi connectivity index (χ0n) is 12.0. The van der Waals surface area contributed by atoms with E-state index in [4.69, 9.17) is 20.6 Å². The van der Waals surface area contributed by atoms with Crippen LogP contribution in [0.2, 0.25) is 5.32 Å². The normalized spacial score (nSPS) is 10.8. The molecular weight excluding hydrogens is 324 g/mol. The van der Waals surface area contributed by atoms with Crippen molar-refractivity contribution in [2.24, 2.45) is 0 Å². The third-order valence-electron chi connectivity index (χ3n) is 2.75. The molecule has 0 spiro atoms. The van der Waals surface area contributed by atoms with Gasteiger partial charge in [0.05, 0.1) is 4.90 Å². The molecule has 0 heterocycles. The van der Waals surface area contributed by atoms with Crippen LogP contribution in [0.1, 0.15) is 51.9 Å². The van der Waals surface area contributed by atoms with Gasteiger partial charge in [0, 0.05) is 0 Å². The SMILES string of the molecule is CCCCCCCC[CH2][Cu].O=S(=O)(O)c1ccccc1. The van der Waals surface area contributed by atoms with Gasteiger partial charge in [0.1, 0.15) is 0 Å². The van der Waals surface area contributed by atoms with E-state index in [-0.39, 0.29) is 4.90 Å². The number of hydrogen-bond donors (Lipinski definition) is 1. The van der Waals surface area contributed by atoms with E-state index in [0.29, 0.717) is 0 Å². The Morgan fingerprint density at radius 3 is 1.85 bits per heavy atom. The third kappa shape index (κ3) is 11.5. The van der Waals surface area contributed by atoms with Gasteiger partial charge < -0.3 is 0 Å². The van der Waals surface area contributed by atoms with Gasteiger partial charge >= 0.3 is 73.2 Å². The van der Waals surface area contributed by atoms with Crippen LogP contribution < -0.4 is 0 Å². The van der Waals surface area contributed by atoms with Crippen molar-refractivity contribution in [3.8, 4) is 0 Å². The maximum absolute atomic E-state index is 10.4. The minimum absolute atomic E-state index is 0.0741. The molecule has 1 aromatic rings. The fourth-order valence-corrected chi connectivity index (χ4v) is 2.36. The Morgan fingerprint density at radius 1 is 0.950 bits per heavy atom. The van der Waals surface area contributed by atoms with E-state index in [9.17, 15) is 8.42 Å². The average Bonchev–Trinajstić information content (AvgIpc) is 2.44. The Labute approximate surface area is 131 Å². The van der Waals surface area contributed by atoms with E-state index >= 15 is 0 Å². The Hall–Kier alpha value is -0.351. The summed E-state index contributed by atoms with van der Waals surface area (Å²) in [4.78, 5) is -0.0741. The van der Waals surface area contributed by atoms with Crippen LogP contribution in [-0.2, 0) is 26.1 Å². The number of rotatable bonds is 8. The van der Waals surface area contributed by atoms with Crippen LogP contribution in [0.3, 0.4) is 0 Å². The van der Waals surface area contributed by atoms with Gasteiger partial charge in [0.25, 0.3) is 10.1 Å². The summed E-state index contributed by atoms with van der Waals surface area (Å²) in [6.07, 6.45) is 9.58. The predicted octanol–water partition coefficient (Wildman–Crippen LogP) is 4.64. The Balaban J connectivity index is 0.000000361. The van der Waals surface area contributed by atoms with Crippen molar-refractivity contribution in [3.63, 3.8) is 0 Å². The molecule has 0 saturated heterocycles. The molecule has 1 aromatic carbocycles. The van der Waals surface area contributed by atoms with Gasteiger partial charge in [-0.25, -0.2) is 0 Å². The van der Waals surface area contributed by atoms with E-state index in [0.717, 1.165) is 5.32 Å². The van der Waals surface area contributed by atoms with Gasteiger partial charge in [-0.05, 0) is 12.1 Å². The second kappa shape index (κ2) is 12.4. The molecule has 120 valence electrons. The first-order valence-corrected chi connectivity index (χ1v) is 9.16. The number of benzene rings is 1. The quantitative estimate of drug-likeness (QED) is 0.423. The van der Waals surface area contributed by atoms with Crippen molar-refractivity contribution in [2.75, 3.05) is 0 Å². The summed E-state index contributed by atoms with van der Waals surface area (Å²) in [5.41, 5.74) is 0. The molecule has 20 heavy (non-hydrogen) atoms. The maximum atomic E-state index is 10.4. The monoisotopic (exact) mass is 348 g/mol. The van der Waals surface area contributed by atoms with Gasteiger partial charge in [0.2, 0.25) is 0 Å². The molecule has 1 N–H and O–H groups in total. The van der Waals surface area contributed by atoms with E-state index in [1.165, 1.54) is 57.1 Å². The topological polar surface area (TPSA) is 54.4 Å². The van der Waals surface area contributed by atoms with Crippen molar-refractivity contribution in [2.45, 2.75) is 62.1 Å². The van der Waals surface area contributed by atoms with Crippen LogP contribution >= 0.6 is 0 Å². The molecule has 0 aliphatic rings. The fraction of sp³-hybridized carbons (Fsp3) is 0.600. The van der Waals surface area contributed by atoms with E-state index in [1.807, 2.05) is 0 Å². The zero-order valence-corrected chi connectivity index (χ0v) is 13.8. The fourth-order valence-electron chi connectivity index (χ4n) is 1.62. The summed E-state index contributed by atoms with van der Waals surface area (Å²) < 4.78 is 29.2. The largest absolute Gasteiger partial charge is 0.294 e. The molecule has 0 aliphatic heterocycles. The Morgan fingerprint density at radius 2 is 1.45 bits per heavy atom. The van der Waals surface area contributed by atoms with Crippen molar-refractivity contribution in [1.29, 1.82) is 0 Å². The Bertz CT molecular complexity index is 410. The predicted molar refractivity (Wildman–Crippen MR) is 79.1 cm³/mol. The number of hydrogen-bond acceptors (Lipinski definition) is 2. The minimum Gasteiger partial charge on any atom is -0.282 e. The summed E-state index contributed by atoms with van der Waals surface area (Å²) >= 11 is 4.98. The molecule has 0 fully saturated rings. The molecule has 0 atom stereocenters. The molecule has 0 bridgehead atoms. The summed E-state index contributed by atoms with van der Waals surface area (Å²) in [6.45, 7) is 2.25. The van der Waals surface area contributed by atoms with Crippen LogP contribution in [-0.4, -0.2) is 13.0 Å². The number of unbranched alkanes of at least 4 members (excludes halogenated alkanes) is 6. The first kappa shape index (κ1) is 19.6. The molecule has 1 rings (SSSR count). The molecule has 3 nitrogen and oxygen atoms in total. The summed E-state index contributed by atoms with van der Waals surface area (Å²) in [7, 11) is -4.00. The van der Waals surface area contributed by atoms with Gasteiger partial charge in [-0.3, -0.25) is 4.55 Å². The van der Waals surface area contributed by atoms with E-state index < -0.39 is 10.1 Å². The summed E-state index contributed by atoms with van der Waals surface area (Å²) in [5.74, 6) is 0. The minimum atomic E-state index is -4.00. The van der Waals surface area contributed by atoms with Crippen LogP contribution in [0.4, 0.5) is 0 Å². The molecule has 5 heteroatoms. The molecule has 0 aliphatic carbocycles. The van der Waals surface area contributed by atoms with Crippen LogP contribution in [0.15, 0.2) is 35.2 Å². The zero-order chi connectivity index (χ0) is 15.3. The van der Waals surface area contributed by atoms with Gasteiger partial charge in [-0.2, -0.15) is 8.42 Å². The molecule has 0 radical (unpaired) electrons. The molecule has 0 unspecified atom stereocenters. The van der Waals surface area contributed by atoms with Crippen molar-refractivity contribution >= 4 is 10.1 Å². The Kier molecular flexibility index (Phi) is 12.2. The smallest absolute Gasteiger partial charge is 0.282 e. The first-order valence-electron chi connectivity index (χ1n) is 7.05. The maximum Gasteiger partial charge on any atom is 0.294 e. The van der Waals surface area contributed by atoms with Gasteiger partial charge in [-0.1, -0.05) is 18.2 Å². The molecule has 0 amide bonds. The van der Waals surface area contributed by atoms with Gasteiger partial charge in [0.15, 0.2) is 0 Å². The van der Waals surface area contributed by atoms with Crippen LogP contribution in [0.5, 0.6) is 0 Å². The van der Waals surface area contributed by atoms with Crippen LogP contribution in [0.25, 0.3) is 0 Å². The van der Waals surface area contributed by atoms with E-state index in [2.05, 4.69) is 6.92 Å². The molecular formula is C15H25CuO3S. The first-order chi connectivity index (χ1) is 9.52. The average molecular weight is 349 g/mol. The van der Waals surface area contributed by atoms with Crippen molar-refractivity contribution in [1.82, 2.24) is 0 Å². The second-order valence-electron chi connectivity index (χ2n) is 4.56. The van der Waals surface area contributed by atoms with Crippen molar-refractivity contribution < 1.29 is 29.0 Å². The van der Waals surface area contributed by atoms with Crippen molar-refractivity contribution in [3.05, 3.63) is 30.3 Å².